The van der Waals surface area contributed by atoms with Crippen molar-refractivity contribution in [3.8, 4) is 0 Å². The Morgan fingerprint density at radius 1 is 1.27 bits per heavy atom. The molecule has 0 radical (unpaired) electrons. The first-order chi connectivity index (χ1) is 5.37. The van der Waals surface area contributed by atoms with E-state index in [0.717, 1.165) is 5.92 Å². The number of hydrogen-bond donors (Lipinski definition) is 2. The second kappa shape index (κ2) is 2.76. The van der Waals surface area contributed by atoms with Crippen LogP contribution in [0.25, 0.3) is 0 Å². The Morgan fingerprint density at radius 3 is 2.36 bits per heavy atom. The molecule has 64 valence electrons. The number of hydrogen-bond acceptors (Lipinski definition) is 2. The number of rotatable bonds is 2. The predicted molar refractivity (Wildman–Crippen MR) is 46.6 cm³/mol. The van der Waals surface area contributed by atoms with E-state index in [1.807, 2.05) is 0 Å². The molecule has 2 nitrogen and oxygen atoms in total. The topological polar surface area (TPSA) is 24.1 Å². The molecule has 0 bridgehead atoms. The summed E-state index contributed by atoms with van der Waals surface area (Å²) in [7, 11) is 2.12. The minimum absolute atomic E-state index is 0.572. The lowest BCUT2D eigenvalue weighted by atomic mass is 9.88. The van der Waals surface area contributed by atoms with E-state index in [9.17, 15) is 0 Å². The van der Waals surface area contributed by atoms with Gasteiger partial charge < -0.3 is 10.6 Å². The summed E-state index contributed by atoms with van der Waals surface area (Å²) in [5.41, 5.74) is 0.572. The predicted octanol–water partition coefficient (Wildman–Crippen LogP) is 0.738. The summed E-state index contributed by atoms with van der Waals surface area (Å²) < 4.78 is 0. The molecule has 0 aromatic rings. The summed E-state index contributed by atoms with van der Waals surface area (Å²) >= 11 is 0. The second-order valence-electron chi connectivity index (χ2n) is 3.93. The average Bonchev–Trinajstić information content (AvgIpc) is 2.86. The molecular formula is C9H18N2. The van der Waals surface area contributed by atoms with Crippen molar-refractivity contribution in [1.29, 1.82) is 0 Å². The SMILES string of the molecule is CNC1(C2CCNCC2)CC1. The van der Waals surface area contributed by atoms with E-state index in [2.05, 4.69) is 17.7 Å². The highest BCUT2D eigenvalue weighted by molar-refractivity contribution is 5.06. The molecule has 2 fully saturated rings. The van der Waals surface area contributed by atoms with Crippen molar-refractivity contribution in [2.45, 2.75) is 31.2 Å². The Labute approximate surface area is 68.7 Å². The maximum atomic E-state index is 3.49. The lowest BCUT2D eigenvalue weighted by Crippen LogP contribution is -2.42. The van der Waals surface area contributed by atoms with Crippen LogP contribution in [0.1, 0.15) is 25.7 Å². The van der Waals surface area contributed by atoms with Crippen molar-refractivity contribution in [3.05, 3.63) is 0 Å². The zero-order valence-corrected chi connectivity index (χ0v) is 7.32. The zero-order chi connectivity index (χ0) is 7.73. The first-order valence-electron chi connectivity index (χ1n) is 4.77. The quantitative estimate of drug-likeness (QED) is 0.613. The summed E-state index contributed by atoms with van der Waals surface area (Å²) in [6.45, 7) is 2.46. The molecule has 2 aliphatic rings. The molecule has 1 saturated carbocycles. The monoisotopic (exact) mass is 154 g/mol. The highest BCUT2D eigenvalue weighted by atomic mass is 15.0. The Morgan fingerprint density at radius 2 is 1.91 bits per heavy atom. The van der Waals surface area contributed by atoms with E-state index >= 15 is 0 Å². The minimum atomic E-state index is 0.572. The molecule has 1 aliphatic heterocycles. The molecule has 0 aromatic carbocycles. The van der Waals surface area contributed by atoms with Crippen LogP contribution in [0, 0.1) is 5.92 Å². The molecule has 1 aliphatic carbocycles. The lowest BCUT2D eigenvalue weighted by molar-refractivity contribution is 0.274. The molecular weight excluding hydrogens is 136 g/mol. The molecule has 1 saturated heterocycles. The summed E-state index contributed by atoms with van der Waals surface area (Å²) in [4.78, 5) is 0. The van der Waals surface area contributed by atoms with Gasteiger partial charge in [-0.25, -0.2) is 0 Å². The van der Waals surface area contributed by atoms with Gasteiger partial charge in [-0.1, -0.05) is 0 Å². The Hall–Kier alpha value is -0.0800. The molecule has 11 heavy (non-hydrogen) atoms. The van der Waals surface area contributed by atoms with Gasteiger partial charge in [0.1, 0.15) is 0 Å². The maximum absolute atomic E-state index is 3.49. The van der Waals surface area contributed by atoms with E-state index in [1.54, 1.807) is 0 Å². The van der Waals surface area contributed by atoms with Crippen LogP contribution in [0.5, 0.6) is 0 Å². The highest BCUT2D eigenvalue weighted by Crippen LogP contribution is 2.45. The van der Waals surface area contributed by atoms with Crippen molar-refractivity contribution in [3.63, 3.8) is 0 Å². The molecule has 0 atom stereocenters. The summed E-state index contributed by atoms with van der Waals surface area (Å²) in [5, 5.41) is 6.91. The maximum Gasteiger partial charge on any atom is 0.0209 e. The fourth-order valence-electron chi connectivity index (χ4n) is 2.37. The smallest absolute Gasteiger partial charge is 0.0209 e. The number of piperidine rings is 1. The van der Waals surface area contributed by atoms with Gasteiger partial charge in [0.25, 0.3) is 0 Å². The van der Waals surface area contributed by atoms with Crippen LogP contribution in [0.15, 0.2) is 0 Å². The van der Waals surface area contributed by atoms with Crippen molar-refractivity contribution in [2.75, 3.05) is 20.1 Å². The first kappa shape index (κ1) is 7.56. The standard InChI is InChI=1S/C9H18N2/c1-10-9(4-5-9)8-2-6-11-7-3-8/h8,10-11H,2-7H2,1H3. The summed E-state index contributed by atoms with van der Waals surface area (Å²) in [5.74, 6) is 0.953. The van der Waals surface area contributed by atoms with Crippen LogP contribution in [0.4, 0.5) is 0 Å². The van der Waals surface area contributed by atoms with E-state index in [1.165, 1.54) is 38.8 Å². The molecule has 2 rings (SSSR count). The van der Waals surface area contributed by atoms with Gasteiger partial charge in [-0.3, -0.25) is 0 Å². The summed E-state index contributed by atoms with van der Waals surface area (Å²) in [6.07, 6.45) is 5.57. The van der Waals surface area contributed by atoms with Crippen molar-refractivity contribution in [2.24, 2.45) is 5.92 Å². The highest BCUT2D eigenvalue weighted by Gasteiger charge is 2.47. The minimum Gasteiger partial charge on any atom is -0.317 e. The fraction of sp³-hybridized carbons (Fsp3) is 1.00. The van der Waals surface area contributed by atoms with Gasteiger partial charge in [0.2, 0.25) is 0 Å². The Kier molecular flexibility index (Phi) is 1.90. The molecule has 0 amide bonds. The van der Waals surface area contributed by atoms with Crippen LogP contribution in [0.2, 0.25) is 0 Å². The fourth-order valence-corrected chi connectivity index (χ4v) is 2.37. The molecule has 0 unspecified atom stereocenters. The van der Waals surface area contributed by atoms with Crippen molar-refractivity contribution >= 4 is 0 Å². The van der Waals surface area contributed by atoms with Gasteiger partial charge in [-0.05, 0) is 51.7 Å². The Bertz CT molecular complexity index is 134. The summed E-state index contributed by atoms with van der Waals surface area (Å²) in [6, 6.07) is 0. The lowest BCUT2D eigenvalue weighted by Gasteiger charge is -2.30. The molecule has 0 aromatic heterocycles. The molecule has 0 spiro atoms. The van der Waals surface area contributed by atoms with E-state index < -0.39 is 0 Å². The van der Waals surface area contributed by atoms with Gasteiger partial charge >= 0.3 is 0 Å². The molecule has 2 N–H and O–H groups in total. The normalized spacial score (nSPS) is 30.3. The van der Waals surface area contributed by atoms with Crippen LogP contribution in [0.3, 0.4) is 0 Å². The van der Waals surface area contributed by atoms with Gasteiger partial charge in [0.05, 0.1) is 0 Å². The first-order valence-corrected chi connectivity index (χ1v) is 4.77. The third kappa shape index (κ3) is 1.30. The van der Waals surface area contributed by atoms with E-state index in [4.69, 9.17) is 0 Å². The molecule has 2 heteroatoms. The Balaban J connectivity index is 1.92. The zero-order valence-electron chi connectivity index (χ0n) is 7.32. The van der Waals surface area contributed by atoms with Crippen molar-refractivity contribution < 1.29 is 0 Å². The van der Waals surface area contributed by atoms with Gasteiger partial charge in [-0.2, -0.15) is 0 Å². The number of nitrogens with one attached hydrogen (secondary N) is 2. The van der Waals surface area contributed by atoms with Crippen LogP contribution >= 0.6 is 0 Å². The van der Waals surface area contributed by atoms with Gasteiger partial charge in [0, 0.05) is 5.54 Å². The van der Waals surface area contributed by atoms with Gasteiger partial charge in [-0.15, -0.1) is 0 Å². The molecule has 1 heterocycles. The van der Waals surface area contributed by atoms with Crippen LogP contribution in [-0.4, -0.2) is 25.7 Å². The third-order valence-corrected chi connectivity index (χ3v) is 3.41. The largest absolute Gasteiger partial charge is 0.317 e. The average molecular weight is 154 g/mol. The van der Waals surface area contributed by atoms with Gasteiger partial charge in [0.15, 0.2) is 0 Å². The van der Waals surface area contributed by atoms with Crippen molar-refractivity contribution in [1.82, 2.24) is 10.6 Å². The third-order valence-electron chi connectivity index (χ3n) is 3.41. The van der Waals surface area contributed by atoms with E-state index in [0.29, 0.717) is 5.54 Å². The van der Waals surface area contributed by atoms with E-state index in [-0.39, 0.29) is 0 Å². The van der Waals surface area contributed by atoms with Crippen LogP contribution < -0.4 is 10.6 Å². The van der Waals surface area contributed by atoms with Crippen LogP contribution in [-0.2, 0) is 0 Å². The second-order valence-corrected chi connectivity index (χ2v) is 3.93.